The molecule has 1 aromatic carbocycles. The van der Waals surface area contributed by atoms with Crippen molar-refractivity contribution in [1.82, 2.24) is 10.2 Å². The molecule has 0 bridgehead atoms. The van der Waals surface area contributed by atoms with Gasteiger partial charge in [-0.25, -0.2) is 0 Å². The zero-order valence-corrected chi connectivity index (χ0v) is 13.9. The number of likely N-dealkylation sites (tertiary alicyclic amines) is 1. The number of rotatable bonds is 6. The van der Waals surface area contributed by atoms with Crippen molar-refractivity contribution in [1.29, 1.82) is 0 Å². The molecule has 1 N–H and O–H groups in total. The Bertz CT molecular complexity index is 392. The molecule has 118 valence electrons. The van der Waals surface area contributed by atoms with Gasteiger partial charge in [0.1, 0.15) is 0 Å². The number of nitrogens with zero attached hydrogens (tertiary/aromatic N) is 1. The molecule has 1 aromatic rings. The highest BCUT2D eigenvalue weighted by Crippen LogP contribution is 2.16. The second-order valence-electron chi connectivity index (χ2n) is 6.84. The van der Waals surface area contributed by atoms with Gasteiger partial charge in [0.2, 0.25) is 0 Å². The summed E-state index contributed by atoms with van der Waals surface area (Å²) in [6.07, 6.45) is 6.99. The predicted octanol–water partition coefficient (Wildman–Crippen LogP) is 4.20. The molecule has 0 spiro atoms. The third-order valence-electron chi connectivity index (χ3n) is 4.33. The minimum Gasteiger partial charge on any atom is -0.312 e. The minimum atomic E-state index is 0.714. The van der Waals surface area contributed by atoms with Gasteiger partial charge in [0, 0.05) is 13.1 Å². The topological polar surface area (TPSA) is 15.3 Å². The maximum absolute atomic E-state index is 3.58. The van der Waals surface area contributed by atoms with Crippen LogP contribution in [0.3, 0.4) is 0 Å². The molecule has 0 unspecified atom stereocenters. The van der Waals surface area contributed by atoms with Gasteiger partial charge in [-0.15, -0.1) is 0 Å². The molecule has 0 aromatic heterocycles. The van der Waals surface area contributed by atoms with E-state index in [1.807, 2.05) is 0 Å². The lowest BCUT2D eigenvalue weighted by Crippen LogP contribution is -2.28. The van der Waals surface area contributed by atoms with E-state index in [-0.39, 0.29) is 0 Å². The Hall–Kier alpha value is -0.860. The summed E-state index contributed by atoms with van der Waals surface area (Å²) in [5.74, 6) is 0.714. The Kier molecular flexibility index (Phi) is 7.25. The highest BCUT2D eigenvalue weighted by atomic mass is 15.1. The fourth-order valence-electron chi connectivity index (χ4n) is 3.09. The molecule has 0 atom stereocenters. The molecule has 1 heterocycles. The van der Waals surface area contributed by atoms with E-state index >= 15 is 0 Å². The van der Waals surface area contributed by atoms with E-state index in [9.17, 15) is 0 Å². The van der Waals surface area contributed by atoms with E-state index < -0.39 is 0 Å². The van der Waals surface area contributed by atoms with Gasteiger partial charge in [-0.05, 0) is 49.5 Å². The van der Waals surface area contributed by atoms with Crippen LogP contribution in [0.25, 0.3) is 0 Å². The lowest BCUT2D eigenvalue weighted by atomic mass is 10.0. The first-order valence-corrected chi connectivity index (χ1v) is 8.75. The third kappa shape index (κ3) is 6.19. The highest BCUT2D eigenvalue weighted by Gasteiger charge is 2.10. The first-order valence-electron chi connectivity index (χ1n) is 8.75. The third-order valence-corrected chi connectivity index (χ3v) is 4.33. The van der Waals surface area contributed by atoms with Crippen LogP contribution >= 0.6 is 0 Å². The molecule has 2 heteroatoms. The maximum Gasteiger partial charge on any atom is 0.0236 e. The van der Waals surface area contributed by atoms with Crippen molar-refractivity contribution < 1.29 is 0 Å². The lowest BCUT2D eigenvalue weighted by molar-refractivity contribution is 0.239. The van der Waals surface area contributed by atoms with Gasteiger partial charge >= 0.3 is 0 Å². The molecule has 2 rings (SSSR count). The van der Waals surface area contributed by atoms with Gasteiger partial charge in [-0.3, -0.25) is 4.90 Å². The normalized spacial score (nSPS) is 17.7. The van der Waals surface area contributed by atoms with E-state index in [0.29, 0.717) is 5.92 Å². The number of hydrogen-bond acceptors (Lipinski definition) is 2. The molecule has 0 saturated carbocycles. The minimum absolute atomic E-state index is 0.714. The van der Waals surface area contributed by atoms with Crippen molar-refractivity contribution in [2.45, 2.75) is 59.0 Å². The molecule has 1 aliphatic rings. The predicted molar refractivity (Wildman–Crippen MR) is 91.3 cm³/mol. The van der Waals surface area contributed by atoms with Crippen LogP contribution in [0.2, 0.25) is 0 Å². The molecule has 1 fully saturated rings. The maximum atomic E-state index is 3.58. The van der Waals surface area contributed by atoms with Crippen molar-refractivity contribution >= 4 is 0 Å². The Morgan fingerprint density at radius 3 is 2.24 bits per heavy atom. The van der Waals surface area contributed by atoms with Crippen LogP contribution < -0.4 is 5.32 Å². The number of benzene rings is 1. The summed E-state index contributed by atoms with van der Waals surface area (Å²) in [4.78, 5) is 2.65. The SMILES string of the molecule is CC(C)CNCc1ccccc1CN1CCCCCCC1. The Morgan fingerprint density at radius 1 is 0.952 bits per heavy atom. The fraction of sp³-hybridized carbons (Fsp3) is 0.684. The van der Waals surface area contributed by atoms with E-state index in [4.69, 9.17) is 0 Å². The van der Waals surface area contributed by atoms with Crippen molar-refractivity contribution in [3.63, 3.8) is 0 Å². The monoisotopic (exact) mass is 288 g/mol. The van der Waals surface area contributed by atoms with Gasteiger partial charge in [-0.1, -0.05) is 57.4 Å². The van der Waals surface area contributed by atoms with Gasteiger partial charge in [0.15, 0.2) is 0 Å². The second-order valence-corrected chi connectivity index (χ2v) is 6.84. The van der Waals surface area contributed by atoms with E-state index in [0.717, 1.165) is 19.6 Å². The Balaban J connectivity index is 1.91. The van der Waals surface area contributed by atoms with Crippen molar-refractivity contribution in [2.75, 3.05) is 19.6 Å². The molecule has 2 nitrogen and oxygen atoms in total. The zero-order valence-electron chi connectivity index (χ0n) is 13.9. The van der Waals surface area contributed by atoms with Gasteiger partial charge in [-0.2, -0.15) is 0 Å². The van der Waals surface area contributed by atoms with Crippen LogP contribution in [-0.2, 0) is 13.1 Å². The molecule has 21 heavy (non-hydrogen) atoms. The number of nitrogens with one attached hydrogen (secondary N) is 1. The van der Waals surface area contributed by atoms with Gasteiger partial charge < -0.3 is 5.32 Å². The Labute approximate surface area is 130 Å². The largest absolute Gasteiger partial charge is 0.312 e. The summed E-state index contributed by atoms with van der Waals surface area (Å²) in [5, 5.41) is 3.58. The van der Waals surface area contributed by atoms with Gasteiger partial charge in [0.05, 0.1) is 0 Å². The van der Waals surface area contributed by atoms with Crippen molar-refractivity contribution in [2.24, 2.45) is 5.92 Å². The molecule has 1 aliphatic heterocycles. The van der Waals surface area contributed by atoms with Crippen LogP contribution in [-0.4, -0.2) is 24.5 Å². The highest BCUT2D eigenvalue weighted by molar-refractivity contribution is 5.27. The van der Waals surface area contributed by atoms with Crippen molar-refractivity contribution in [3.05, 3.63) is 35.4 Å². The summed E-state index contributed by atoms with van der Waals surface area (Å²) in [6, 6.07) is 8.95. The van der Waals surface area contributed by atoms with E-state index in [2.05, 4.69) is 48.3 Å². The summed E-state index contributed by atoms with van der Waals surface area (Å²) < 4.78 is 0. The van der Waals surface area contributed by atoms with Crippen LogP contribution in [0, 0.1) is 5.92 Å². The average Bonchev–Trinajstić information content (AvgIpc) is 2.43. The van der Waals surface area contributed by atoms with E-state index in [1.165, 1.54) is 56.3 Å². The molecule has 0 radical (unpaired) electrons. The molecule has 1 saturated heterocycles. The molecular formula is C19H32N2. The first kappa shape index (κ1) is 16.5. The smallest absolute Gasteiger partial charge is 0.0236 e. The average molecular weight is 288 g/mol. The quantitative estimate of drug-likeness (QED) is 0.844. The second kappa shape index (κ2) is 9.22. The fourth-order valence-corrected chi connectivity index (χ4v) is 3.09. The van der Waals surface area contributed by atoms with Crippen LogP contribution in [0.5, 0.6) is 0 Å². The standard InChI is InChI=1S/C19H32N2/c1-17(2)14-20-15-18-10-6-7-11-19(18)16-21-12-8-4-3-5-9-13-21/h6-7,10-11,17,20H,3-5,8-9,12-16H2,1-2H3. The van der Waals surface area contributed by atoms with Crippen LogP contribution in [0.15, 0.2) is 24.3 Å². The molecule has 0 aliphatic carbocycles. The first-order chi connectivity index (χ1) is 10.3. The van der Waals surface area contributed by atoms with Crippen LogP contribution in [0.4, 0.5) is 0 Å². The van der Waals surface area contributed by atoms with Crippen molar-refractivity contribution in [3.8, 4) is 0 Å². The lowest BCUT2D eigenvalue weighted by Gasteiger charge is -2.25. The van der Waals surface area contributed by atoms with Gasteiger partial charge in [0.25, 0.3) is 0 Å². The number of hydrogen-bond donors (Lipinski definition) is 1. The molecule has 0 amide bonds. The summed E-state index contributed by atoms with van der Waals surface area (Å²) in [5.41, 5.74) is 2.98. The summed E-state index contributed by atoms with van der Waals surface area (Å²) in [6.45, 7) is 10.3. The van der Waals surface area contributed by atoms with Crippen LogP contribution in [0.1, 0.15) is 57.1 Å². The molecular weight excluding hydrogens is 256 g/mol. The Morgan fingerprint density at radius 2 is 1.57 bits per heavy atom. The van der Waals surface area contributed by atoms with E-state index in [1.54, 1.807) is 0 Å². The summed E-state index contributed by atoms with van der Waals surface area (Å²) in [7, 11) is 0. The summed E-state index contributed by atoms with van der Waals surface area (Å²) >= 11 is 0. The zero-order chi connectivity index (χ0) is 14.9.